The quantitative estimate of drug-likeness (QED) is 0.855. The van der Waals surface area contributed by atoms with Crippen LogP contribution in [0.3, 0.4) is 0 Å². The maximum Gasteiger partial charge on any atom is 0.122 e. The lowest BCUT2D eigenvalue weighted by molar-refractivity contribution is 0.464. The first-order valence-corrected chi connectivity index (χ1v) is 6.48. The Morgan fingerprint density at radius 1 is 0.737 bits per heavy atom. The molecule has 2 aromatic carbocycles. The van der Waals surface area contributed by atoms with Gasteiger partial charge in [-0.15, -0.1) is 0 Å². The lowest BCUT2D eigenvalue weighted by Crippen LogP contribution is -1.96. The molecule has 0 unspecified atom stereocenters. The van der Waals surface area contributed by atoms with E-state index in [1.165, 1.54) is 0 Å². The van der Waals surface area contributed by atoms with E-state index in [1.807, 2.05) is 45.9 Å². The minimum absolute atomic E-state index is 0.325. The largest absolute Gasteiger partial charge is 0.508 e. The molecule has 2 N–H and O–H groups in total. The van der Waals surface area contributed by atoms with E-state index in [0.29, 0.717) is 17.9 Å². The number of aromatic hydroxyl groups is 2. The maximum atomic E-state index is 10.2. The molecule has 0 heterocycles. The van der Waals surface area contributed by atoms with Gasteiger partial charge in [0.1, 0.15) is 11.5 Å². The van der Waals surface area contributed by atoms with Gasteiger partial charge in [0, 0.05) is 6.42 Å². The number of rotatable bonds is 2. The van der Waals surface area contributed by atoms with E-state index in [9.17, 15) is 10.2 Å². The molecule has 0 aliphatic heterocycles. The summed E-state index contributed by atoms with van der Waals surface area (Å²) in [6.07, 6.45) is 0.680. The van der Waals surface area contributed by atoms with Gasteiger partial charge < -0.3 is 10.2 Å². The molecule has 2 aromatic rings. The van der Waals surface area contributed by atoms with Crippen LogP contribution >= 0.6 is 0 Å². The third kappa shape index (κ3) is 2.43. The van der Waals surface area contributed by atoms with Crippen LogP contribution in [-0.2, 0) is 6.42 Å². The number of hydrogen-bond donors (Lipinski definition) is 2. The predicted octanol–water partition coefficient (Wildman–Crippen LogP) is 3.92. The Morgan fingerprint density at radius 2 is 1.37 bits per heavy atom. The molecule has 0 atom stereocenters. The zero-order valence-electron chi connectivity index (χ0n) is 11.9. The molecule has 2 rings (SSSR count). The van der Waals surface area contributed by atoms with Gasteiger partial charge >= 0.3 is 0 Å². The second-order valence-electron chi connectivity index (χ2n) is 5.19. The van der Waals surface area contributed by atoms with Gasteiger partial charge in [-0.05, 0) is 67.1 Å². The van der Waals surface area contributed by atoms with Crippen LogP contribution in [0.15, 0.2) is 24.3 Å². The van der Waals surface area contributed by atoms with Gasteiger partial charge in [0.05, 0.1) is 0 Å². The Morgan fingerprint density at radius 3 is 2.05 bits per heavy atom. The van der Waals surface area contributed by atoms with Crippen LogP contribution in [-0.4, -0.2) is 10.2 Å². The minimum Gasteiger partial charge on any atom is -0.508 e. The zero-order chi connectivity index (χ0) is 14.2. The summed E-state index contributed by atoms with van der Waals surface area (Å²) < 4.78 is 0. The van der Waals surface area contributed by atoms with Crippen molar-refractivity contribution in [2.24, 2.45) is 0 Å². The lowest BCUT2D eigenvalue weighted by Gasteiger charge is -2.13. The molecule has 19 heavy (non-hydrogen) atoms. The SMILES string of the molecule is Cc1ccc(Cc2ccc(O)c(C)c2C)c(O)c1C. The molecule has 0 saturated heterocycles. The van der Waals surface area contributed by atoms with Crippen molar-refractivity contribution in [3.05, 3.63) is 57.6 Å². The standard InChI is InChI=1S/C17H20O2/c1-10-5-6-15(17(19)11(10)2)9-14-7-8-16(18)13(4)12(14)3/h5-8,18-19H,9H2,1-4H3. The molecule has 0 aliphatic rings. The molecule has 0 radical (unpaired) electrons. The van der Waals surface area contributed by atoms with Crippen molar-refractivity contribution in [1.29, 1.82) is 0 Å². The molecular formula is C17H20O2. The van der Waals surface area contributed by atoms with E-state index < -0.39 is 0 Å². The summed E-state index contributed by atoms with van der Waals surface area (Å²) in [4.78, 5) is 0. The van der Waals surface area contributed by atoms with Gasteiger partial charge in [-0.3, -0.25) is 0 Å². The summed E-state index contributed by atoms with van der Waals surface area (Å²) >= 11 is 0. The first kappa shape index (κ1) is 13.5. The Labute approximate surface area is 114 Å². The highest BCUT2D eigenvalue weighted by molar-refractivity contribution is 5.49. The van der Waals surface area contributed by atoms with Crippen molar-refractivity contribution >= 4 is 0 Å². The Balaban J connectivity index is 2.43. The molecule has 0 spiro atoms. The predicted molar refractivity (Wildman–Crippen MR) is 78.0 cm³/mol. The number of phenols is 2. The highest BCUT2D eigenvalue weighted by Crippen LogP contribution is 2.30. The van der Waals surface area contributed by atoms with Gasteiger partial charge in [0.15, 0.2) is 0 Å². The minimum atomic E-state index is 0.325. The topological polar surface area (TPSA) is 40.5 Å². The van der Waals surface area contributed by atoms with E-state index in [2.05, 4.69) is 0 Å². The zero-order valence-corrected chi connectivity index (χ0v) is 11.9. The summed E-state index contributed by atoms with van der Waals surface area (Å²) in [5.41, 5.74) is 6.08. The molecule has 2 nitrogen and oxygen atoms in total. The first-order valence-electron chi connectivity index (χ1n) is 6.48. The molecule has 0 aliphatic carbocycles. The fourth-order valence-corrected chi connectivity index (χ4v) is 2.26. The molecule has 0 saturated carbocycles. The van der Waals surface area contributed by atoms with Crippen molar-refractivity contribution in [2.75, 3.05) is 0 Å². The van der Waals surface area contributed by atoms with Crippen LogP contribution in [0.5, 0.6) is 11.5 Å². The molecule has 2 heteroatoms. The van der Waals surface area contributed by atoms with E-state index in [0.717, 1.165) is 33.4 Å². The van der Waals surface area contributed by atoms with Crippen molar-refractivity contribution in [3.63, 3.8) is 0 Å². The van der Waals surface area contributed by atoms with Gasteiger partial charge in [-0.2, -0.15) is 0 Å². The van der Waals surface area contributed by atoms with E-state index >= 15 is 0 Å². The third-order valence-electron chi connectivity index (χ3n) is 4.04. The van der Waals surface area contributed by atoms with Crippen LogP contribution in [0.1, 0.15) is 33.4 Å². The monoisotopic (exact) mass is 256 g/mol. The van der Waals surface area contributed by atoms with Crippen molar-refractivity contribution < 1.29 is 10.2 Å². The van der Waals surface area contributed by atoms with Crippen LogP contribution < -0.4 is 0 Å². The maximum absolute atomic E-state index is 10.2. The molecular weight excluding hydrogens is 236 g/mol. The summed E-state index contributed by atoms with van der Waals surface area (Å²) in [6.45, 7) is 7.84. The molecule has 0 bridgehead atoms. The van der Waals surface area contributed by atoms with Crippen molar-refractivity contribution in [3.8, 4) is 11.5 Å². The fraction of sp³-hybridized carbons (Fsp3) is 0.294. The summed E-state index contributed by atoms with van der Waals surface area (Å²) in [7, 11) is 0. The summed E-state index contributed by atoms with van der Waals surface area (Å²) in [6, 6.07) is 7.65. The number of benzene rings is 2. The van der Waals surface area contributed by atoms with Gasteiger partial charge in [-0.1, -0.05) is 18.2 Å². The van der Waals surface area contributed by atoms with E-state index in [-0.39, 0.29) is 0 Å². The molecule has 0 amide bonds. The Bertz CT molecular complexity index is 572. The second kappa shape index (κ2) is 4.96. The van der Waals surface area contributed by atoms with Crippen LogP contribution in [0.25, 0.3) is 0 Å². The van der Waals surface area contributed by atoms with Crippen molar-refractivity contribution in [1.82, 2.24) is 0 Å². The average Bonchev–Trinajstić information content (AvgIpc) is 2.39. The van der Waals surface area contributed by atoms with Crippen LogP contribution in [0.4, 0.5) is 0 Å². The molecule has 0 aromatic heterocycles. The van der Waals surface area contributed by atoms with E-state index in [4.69, 9.17) is 0 Å². The van der Waals surface area contributed by atoms with Crippen LogP contribution in [0, 0.1) is 27.7 Å². The number of aryl methyl sites for hydroxylation is 1. The van der Waals surface area contributed by atoms with Gasteiger partial charge in [0.2, 0.25) is 0 Å². The number of hydrogen-bond acceptors (Lipinski definition) is 2. The average molecular weight is 256 g/mol. The summed E-state index contributed by atoms with van der Waals surface area (Å²) in [5.74, 6) is 0.704. The van der Waals surface area contributed by atoms with E-state index in [1.54, 1.807) is 6.07 Å². The lowest BCUT2D eigenvalue weighted by atomic mass is 9.94. The van der Waals surface area contributed by atoms with Crippen molar-refractivity contribution in [2.45, 2.75) is 34.1 Å². The summed E-state index contributed by atoms with van der Waals surface area (Å²) in [5, 5.41) is 19.9. The normalized spacial score (nSPS) is 10.7. The van der Waals surface area contributed by atoms with Gasteiger partial charge in [-0.25, -0.2) is 0 Å². The third-order valence-corrected chi connectivity index (χ3v) is 4.04. The number of phenolic OH excluding ortho intramolecular Hbond substituents is 2. The van der Waals surface area contributed by atoms with Crippen LogP contribution in [0.2, 0.25) is 0 Å². The highest BCUT2D eigenvalue weighted by Gasteiger charge is 2.10. The fourth-order valence-electron chi connectivity index (χ4n) is 2.26. The first-order chi connectivity index (χ1) is 8.91. The highest BCUT2D eigenvalue weighted by atomic mass is 16.3. The molecule has 0 fully saturated rings. The Hall–Kier alpha value is -1.96. The smallest absolute Gasteiger partial charge is 0.122 e. The van der Waals surface area contributed by atoms with Gasteiger partial charge in [0.25, 0.3) is 0 Å². The second-order valence-corrected chi connectivity index (χ2v) is 5.19. The Kier molecular flexibility index (Phi) is 3.52. The molecule has 100 valence electrons.